The molecule has 26 heavy (non-hydrogen) atoms. The number of benzene rings is 2. The Kier molecular flexibility index (Phi) is 7.17. The van der Waals surface area contributed by atoms with Crippen molar-refractivity contribution in [3.8, 4) is 0 Å². The summed E-state index contributed by atoms with van der Waals surface area (Å²) < 4.78 is 0. The molecule has 140 valence electrons. The molecule has 1 aliphatic rings. The van der Waals surface area contributed by atoms with Gasteiger partial charge in [0.2, 0.25) is 0 Å². The summed E-state index contributed by atoms with van der Waals surface area (Å²) in [6.07, 6.45) is -0.527. The molecule has 3 rings (SSSR count). The molecule has 1 unspecified atom stereocenters. The second-order valence-electron chi connectivity index (χ2n) is 6.67. The van der Waals surface area contributed by atoms with Gasteiger partial charge in [0.15, 0.2) is 0 Å². The van der Waals surface area contributed by atoms with Gasteiger partial charge in [0.25, 0.3) is 0 Å². The summed E-state index contributed by atoms with van der Waals surface area (Å²) in [6.45, 7) is 4.60. The third-order valence-corrected chi connectivity index (χ3v) is 4.85. The number of nitrogens with zero attached hydrogens (tertiary/aromatic N) is 2. The average molecular weight is 356 g/mol. The molecular weight excluding hydrogens is 328 g/mol. The first-order valence-electron chi connectivity index (χ1n) is 9.18. The number of hydrogen-bond donors (Lipinski definition) is 1. The Bertz CT molecular complexity index is 591. The molecule has 0 bridgehead atoms. The summed E-state index contributed by atoms with van der Waals surface area (Å²) in [5.74, 6) is 0. The molecular formula is C21H28N2O3. The van der Waals surface area contributed by atoms with Gasteiger partial charge in [0.1, 0.15) is 6.61 Å². The molecule has 1 saturated heterocycles. The van der Waals surface area contributed by atoms with Crippen LogP contribution in [0, 0.1) is 0 Å². The lowest BCUT2D eigenvalue weighted by atomic mass is 9.96. The summed E-state index contributed by atoms with van der Waals surface area (Å²) >= 11 is 0. The van der Waals surface area contributed by atoms with Crippen molar-refractivity contribution in [2.45, 2.75) is 12.1 Å². The number of β-amino-alcohol motifs (C(OH)–C–C–N with tert-alkyl or cyclic N) is 1. The van der Waals surface area contributed by atoms with Gasteiger partial charge in [0, 0.05) is 32.7 Å². The van der Waals surface area contributed by atoms with Crippen LogP contribution in [0.2, 0.25) is 0 Å². The van der Waals surface area contributed by atoms with Crippen molar-refractivity contribution < 1.29 is 14.9 Å². The fraction of sp³-hybridized carbons (Fsp3) is 0.429. The molecule has 0 aromatic heterocycles. The zero-order valence-corrected chi connectivity index (χ0v) is 15.3. The van der Waals surface area contributed by atoms with Gasteiger partial charge in [-0.1, -0.05) is 60.7 Å². The summed E-state index contributed by atoms with van der Waals surface area (Å²) in [7, 11) is 1.46. The lowest BCUT2D eigenvalue weighted by Crippen LogP contribution is -2.50. The van der Waals surface area contributed by atoms with Crippen LogP contribution in [0.4, 0.5) is 0 Å². The van der Waals surface area contributed by atoms with E-state index in [4.69, 9.17) is 4.89 Å². The molecule has 1 heterocycles. The van der Waals surface area contributed by atoms with Gasteiger partial charge in [-0.25, -0.2) is 9.78 Å². The molecule has 0 spiro atoms. The van der Waals surface area contributed by atoms with E-state index in [1.165, 1.54) is 18.2 Å². The molecule has 1 atom stereocenters. The Morgan fingerprint density at radius 2 is 1.42 bits per heavy atom. The first-order chi connectivity index (χ1) is 12.8. The number of rotatable bonds is 8. The predicted molar refractivity (Wildman–Crippen MR) is 102 cm³/mol. The smallest absolute Gasteiger partial charge is 0.109 e. The van der Waals surface area contributed by atoms with Gasteiger partial charge in [-0.05, 0) is 11.1 Å². The molecule has 1 N–H and O–H groups in total. The number of piperazine rings is 1. The number of hydrogen-bond acceptors (Lipinski definition) is 5. The minimum atomic E-state index is -0.527. The second-order valence-corrected chi connectivity index (χ2v) is 6.67. The fourth-order valence-corrected chi connectivity index (χ4v) is 3.59. The molecule has 2 aromatic rings. The Hall–Kier alpha value is -1.76. The lowest BCUT2D eigenvalue weighted by Gasteiger charge is -2.40. The Balaban J connectivity index is 1.65. The van der Waals surface area contributed by atoms with Crippen molar-refractivity contribution in [2.75, 3.05) is 46.4 Å². The quantitative estimate of drug-likeness (QED) is 0.581. The van der Waals surface area contributed by atoms with Crippen LogP contribution in [-0.4, -0.2) is 67.5 Å². The standard InChI is InChI=1S/C21H28N2O3/c1-25-26-17-20(24)16-22-12-14-23(15-13-22)21(18-8-4-2-5-9-18)19-10-6-3-7-11-19/h2-11,20-21,24H,12-17H2,1H3. The SMILES string of the molecule is COOCC(O)CN1CCN(C(c2ccccc2)c2ccccc2)CC1. The molecule has 0 radical (unpaired) electrons. The van der Waals surface area contributed by atoms with Crippen molar-refractivity contribution in [1.29, 1.82) is 0 Å². The zero-order valence-electron chi connectivity index (χ0n) is 15.3. The van der Waals surface area contributed by atoms with Crippen molar-refractivity contribution in [3.63, 3.8) is 0 Å². The van der Waals surface area contributed by atoms with E-state index >= 15 is 0 Å². The van der Waals surface area contributed by atoms with E-state index in [2.05, 4.69) is 75.4 Å². The minimum absolute atomic E-state index is 0.202. The first kappa shape index (κ1) is 19.0. The second kappa shape index (κ2) is 9.80. The van der Waals surface area contributed by atoms with Crippen LogP contribution in [0.1, 0.15) is 17.2 Å². The van der Waals surface area contributed by atoms with E-state index in [1.54, 1.807) is 0 Å². The number of aliphatic hydroxyl groups is 1. The summed E-state index contributed by atoms with van der Waals surface area (Å²) in [6, 6.07) is 21.6. The van der Waals surface area contributed by atoms with Crippen LogP contribution < -0.4 is 0 Å². The van der Waals surface area contributed by atoms with Crippen LogP contribution in [0.5, 0.6) is 0 Å². The molecule has 0 saturated carbocycles. The summed E-state index contributed by atoms with van der Waals surface area (Å²) in [5, 5.41) is 10.0. The first-order valence-corrected chi connectivity index (χ1v) is 9.18. The molecule has 5 nitrogen and oxygen atoms in total. The Morgan fingerprint density at radius 3 is 1.92 bits per heavy atom. The third kappa shape index (κ3) is 5.13. The lowest BCUT2D eigenvalue weighted by molar-refractivity contribution is -0.285. The fourth-order valence-electron chi connectivity index (χ4n) is 3.59. The van der Waals surface area contributed by atoms with Crippen molar-refractivity contribution in [2.24, 2.45) is 0 Å². The zero-order chi connectivity index (χ0) is 18.2. The largest absolute Gasteiger partial charge is 0.389 e. The van der Waals surface area contributed by atoms with Crippen LogP contribution in [0.15, 0.2) is 60.7 Å². The van der Waals surface area contributed by atoms with Crippen molar-refractivity contribution in [3.05, 3.63) is 71.8 Å². The van der Waals surface area contributed by atoms with Gasteiger partial charge < -0.3 is 5.11 Å². The normalized spacial score (nSPS) is 17.5. The highest BCUT2D eigenvalue weighted by molar-refractivity contribution is 5.31. The molecule has 0 amide bonds. The summed E-state index contributed by atoms with van der Waals surface area (Å²) in [4.78, 5) is 14.2. The van der Waals surface area contributed by atoms with Crippen molar-refractivity contribution >= 4 is 0 Å². The van der Waals surface area contributed by atoms with Crippen molar-refractivity contribution in [1.82, 2.24) is 9.80 Å². The van der Waals surface area contributed by atoms with E-state index < -0.39 is 6.10 Å². The van der Waals surface area contributed by atoms with Crippen LogP contribution in [0.25, 0.3) is 0 Å². The van der Waals surface area contributed by atoms with Crippen LogP contribution in [-0.2, 0) is 9.78 Å². The van der Waals surface area contributed by atoms with Gasteiger partial charge in [0.05, 0.1) is 19.3 Å². The molecule has 1 aliphatic heterocycles. The highest BCUT2D eigenvalue weighted by Gasteiger charge is 2.27. The highest BCUT2D eigenvalue weighted by atomic mass is 17.2. The topological polar surface area (TPSA) is 45.2 Å². The van der Waals surface area contributed by atoms with E-state index in [9.17, 15) is 5.11 Å². The maximum atomic E-state index is 10.0. The third-order valence-electron chi connectivity index (χ3n) is 4.85. The maximum absolute atomic E-state index is 10.0. The van der Waals surface area contributed by atoms with Gasteiger partial charge in [-0.2, -0.15) is 0 Å². The minimum Gasteiger partial charge on any atom is -0.389 e. The molecule has 1 fully saturated rings. The number of aliphatic hydroxyl groups excluding tert-OH is 1. The van der Waals surface area contributed by atoms with Gasteiger partial charge >= 0.3 is 0 Å². The van der Waals surface area contributed by atoms with Gasteiger partial charge in [-0.3, -0.25) is 9.80 Å². The van der Waals surface area contributed by atoms with Crippen LogP contribution >= 0.6 is 0 Å². The Labute approximate surface area is 155 Å². The maximum Gasteiger partial charge on any atom is 0.109 e. The summed E-state index contributed by atoms with van der Waals surface area (Å²) in [5.41, 5.74) is 2.64. The molecule has 2 aromatic carbocycles. The van der Waals surface area contributed by atoms with E-state index in [1.807, 2.05) is 0 Å². The van der Waals surface area contributed by atoms with Gasteiger partial charge in [-0.15, -0.1) is 0 Å². The van der Waals surface area contributed by atoms with E-state index in [0.29, 0.717) is 6.54 Å². The molecule has 5 heteroatoms. The highest BCUT2D eigenvalue weighted by Crippen LogP contribution is 2.29. The average Bonchev–Trinajstić information content (AvgIpc) is 2.70. The monoisotopic (exact) mass is 356 g/mol. The van der Waals surface area contributed by atoms with E-state index in [0.717, 1.165) is 26.2 Å². The van der Waals surface area contributed by atoms with E-state index in [-0.39, 0.29) is 12.6 Å². The van der Waals surface area contributed by atoms with Crippen LogP contribution in [0.3, 0.4) is 0 Å². The Morgan fingerprint density at radius 1 is 0.885 bits per heavy atom. The predicted octanol–water partition coefficient (Wildman–Crippen LogP) is 2.33. The molecule has 0 aliphatic carbocycles.